The highest BCUT2D eigenvalue weighted by Gasteiger charge is 2.13. The minimum atomic E-state index is -0.191. The molecule has 0 aliphatic carbocycles. The second-order valence-electron chi connectivity index (χ2n) is 7.27. The maximum Gasteiger partial charge on any atom is 0.244 e. The first-order chi connectivity index (χ1) is 15.1. The fourth-order valence-corrected chi connectivity index (χ4v) is 3.38. The zero-order chi connectivity index (χ0) is 21.6. The Morgan fingerprint density at radius 2 is 1.74 bits per heavy atom. The van der Waals surface area contributed by atoms with Crippen LogP contribution in [0.2, 0.25) is 0 Å². The number of aryl methyl sites for hydroxylation is 1. The van der Waals surface area contributed by atoms with Gasteiger partial charge in [-0.25, -0.2) is 9.36 Å². The van der Waals surface area contributed by atoms with Crippen molar-refractivity contribution in [1.82, 2.24) is 30.1 Å². The SMILES string of the molecule is Cc1nn(-c2ccccc2)c(C)c1CNC(=O)/C=C/c1cn(Cc2ccccc2)nn1. The summed E-state index contributed by atoms with van der Waals surface area (Å²) in [6.45, 7) is 5.01. The molecule has 0 aliphatic rings. The lowest BCUT2D eigenvalue weighted by atomic mass is 10.2. The van der Waals surface area contributed by atoms with E-state index in [1.807, 2.05) is 85.4 Å². The number of hydrogen-bond donors (Lipinski definition) is 1. The first kappa shape index (κ1) is 20.3. The molecule has 4 aromatic rings. The van der Waals surface area contributed by atoms with Crippen LogP contribution in [-0.4, -0.2) is 30.7 Å². The molecule has 0 saturated heterocycles. The molecule has 2 heterocycles. The van der Waals surface area contributed by atoms with Crippen LogP contribution in [0.15, 0.2) is 72.9 Å². The third-order valence-electron chi connectivity index (χ3n) is 5.03. The molecule has 7 nitrogen and oxygen atoms in total. The Morgan fingerprint density at radius 1 is 1.03 bits per heavy atom. The molecule has 0 saturated carbocycles. The van der Waals surface area contributed by atoms with Gasteiger partial charge < -0.3 is 5.32 Å². The Morgan fingerprint density at radius 3 is 2.48 bits per heavy atom. The van der Waals surface area contributed by atoms with E-state index in [-0.39, 0.29) is 5.91 Å². The van der Waals surface area contributed by atoms with Gasteiger partial charge in [0.05, 0.1) is 24.1 Å². The van der Waals surface area contributed by atoms with E-state index in [1.54, 1.807) is 10.8 Å². The van der Waals surface area contributed by atoms with Gasteiger partial charge in [-0.05, 0) is 37.6 Å². The third-order valence-corrected chi connectivity index (χ3v) is 5.03. The molecule has 4 rings (SSSR count). The largest absolute Gasteiger partial charge is 0.348 e. The average Bonchev–Trinajstić information content (AvgIpc) is 3.35. The summed E-state index contributed by atoms with van der Waals surface area (Å²) < 4.78 is 3.65. The van der Waals surface area contributed by atoms with E-state index >= 15 is 0 Å². The van der Waals surface area contributed by atoms with Crippen molar-refractivity contribution in [3.8, 4) is 5.69 Å². The Hall–Kier alpha value is -4.00. The molecule has 0 aliphatic heterocycles. The zero-order valence-electron chi connectivity index (χ0n) is 17.6. The van der Waals surface area contributed by atoms with Gasteiger partial charge in [0.15, 0.2) is 0 Å². The van der Waals surface area contributed by atoms with Crippen molar-refractivity contribution in [2.45, 2.75) is 26.9 Å². The average molecular weight is 412 g/mol. The lowest BCUT2D eigenvalue weighted by Crippen LogP contribution is -2.21. The summed E-state index contributed by atoms with van der Waals surface area (Å²) in [6, 6.07) is 20.0. The van der Waals surface area contributed by atoms with Gasteiger partial charge in [-0.15, -0.1) is 5.10 Å². The maximum absolute atomic E-state index is 12.3. The highest BCUT2D eigenvalue weighted by Crippen LogP contribution is 2.17. The molecule has 0 radical (unpaired) electrons. The molecule has 0 spiro atoms. The van der Waals surface area contributed by atoms with Crippen LogP contribution in [0.4, 0.5) is 0 Å². The number of benzene rings is 2. The van der Waals surface area contributed by atoms with Crippen LogP contribution in [0.3, 0.4) is 0 Å². The first-order valence-electron chi connectivity index (χ1n) is 10.1. The maximum atomic E-state index is 12.3. The molecule has 1 N–H and O–H groups in total. The highest BCUT2D eigenvalue weighted by molar-refractivity contribution is 5.91. The molecule has 2 aromatic heterocycles. The van der Waals surface area contributed by atoms with Crippen LogP contribution in [0, 0.1) is 13.8 Å². The summed E-state index contributed by atoms with van der Waals surface area (Å²) in [4.78, 5) is 12.3. The summed E-state index contributed by atoms with van der Waals surface area (Å²) in [7, 11) is 0. The Balaban J connectivity index is 1.36. The van der Waals surface area contributed by atoms with Gasteiger partial charge in [-0.1, -0.05) is 53.7 Å². The Bertz CT molecular complexity index is 1190. The van der Waals surface area contributed by atoms with Gasteiger partial charge in [-0.3, -0.25) is 4.79 Å². The van der Waals surface area contributed by atoms with Gasteiger partial charge in [0.1, 0.15) is 5.69 Å². The normalized spacial score (nSPS) is 11.2. The highest BCUT2D eigenvalue weighted by atomic mass is 16.1. The van der Waals surface area contributed by atoms with Crippen molar-refractivity contribution >= 4 is 12.0 Å². The quantitative estimate of drug-likeness (QED) is 0.472. The number of para-hydroxylation sites is 1. The van der Waals surface area contributed by atoms with Crippen molar-refractivity contribution < 1.29 is 4.79 Å². The fraction of sp³-hybridized carbons (Fsp3) is 0.167. The molecule has 2 aromatic carbocycles. The molecule has 0 fully saturated rings. The summed E-state index contributed by atoms with van der Waals surface area (Å²) in [5.41, 5.74) is 5.70. The monoisotopic (exact) mass is 412 g/mol. The minimum absolute atomic E-state index is 0.191. The van der Waals surface area contributed by atoms with E-state index in [1.165, 1.54) is 6.08 Å². The van der Waals surface area contributed by atoms with Crippen molar-refractivity contribution in [2.24, 2.45) is 0 Å². The van der Waals surface area contributed by atoms with Gasteiger partial charge in [0.2, 0.25) is 5.91 Å². The van der Waals surface area contributed by atoms with Crippen molar-refractivity contribution in [1.29, 1.82) is 0 Å². The van der Waals surface area contributed by atoms with Crippen molar-refractivity contribution in [3.63, 3.8) is 0 Å². The molecule has 0 bridgehead atoms. The standard InChI is InChI=1S/C24H24N6O/c1-18-23(19(2)30(27-18)22-11-7-4-8-12-22)15-25-24(31)14-13-21-17-29(28-26-21)16-20-9-5-3-6-10-20/h3-14,17H,15-16H2,1-2H3,(H,25,31)/b14-13+. The Kier molecular flexibility index (Phi) is 6.03. The molecular formula is C24H24N6O. The van der Waals surface area contributed by atoms with E-state index in [0.29, 0.717) is 18.8 Å². The number of amides is 1. The second-order valence-corrected chi connectivity index (χ2v) is 7.27. The van der Waals surface area contributed by atoms with E-state index in [2.05, 4.69) is 20.7 Å². The predicted octanol–water partition coefficient (Wildman–Crippen LogP) is 3.46. The number of nitrogens with one attached hydrogen (secondary N) is 1. The number of hydrogen-bond acceptors (Lipinski definition) is 4. The molecule has 0 unspecified atom stereocenters. The number of nitrogens with zero attached hydrogens (tertiary/aromatic N) is 5. The number of carbonyl (C=O) groups excluding carboxylic acids is 1. The first-order valence-corrected chi connectivity index (χ1v) is 10.1. The third kappa shape index (κ3) is 4.95. The molecule has 0 atom stereocenters. The molecule has 156 valence electrons. The summed E-state index contributed by atoms with van der Waals surface area (Å²) >= 11 is 0. The van der Waals surface area contributed by atoms with E-state index in [4.69, 9.17) is 0 Å². The van der Waals surface area contributed by atoms with Crippen molar-refractivity contribution in [3.05, 3.63) is 101 Å². The lowest BCUT2D eigenvalue weighted by molar-refractivity contribution is -0.116. The van der Waals surface area contributed by atoms with Gasteiger partial charge in [0, 0.05) is 23.9 Å². The zero-order valence-corrected chi connectivity index (χ0v) is 17.6. The minimum Gasteiger partial charge on any atom is -0.348 e. The lowest BCUT2D eigenvalue weighted by Gasteiger charge is -2.06. The van der Waals surface area contributed by atoms with Crippen LogP contribution in [0.5, 0.6) is 0 Å². The van der Waals surface area contributed by atoms with Gasteiger partial charge in [-0.2, -0.15) is 5.10 Å². The second kappa shape index (κ2) is 9.21. The summed E-state index contributed by atoms with van der Waals surface area (Å²) in [6.07, 6.45) is 4.95. The molecule has 7 heteroatoms. The summed E-state index contributed by atoms with van der Waals surface area (Å²) in [5.74, 6) is -0.191. The predicted molar refractivity (Wildman–Crippen MR) is 119 cm³/mol. The fourth-order valence-electron chi connectivity index (χ4n) is 3.38. The smallest absolute Gasteiger partial charge is 0.244 e. The van der Waals surface area contributed by atoms with Crippen LogP contribution >= 0.6 is 0 Å². The topological polar surface area (TPSA) is 77.6 Å². The van der Waals surface area contributed by atoms with Crippen LogP contribution in [0.25, 0.3) is 11.8 Å². The Labute approximate surface area is 181 Å². The van der Waals surface area contributed by atoms with Crippen molar-refractivity contribution in [2.75, 3.05) is 0 Å². The number of aromatic nitrogens is 5. The van der Waals surface area contributed by atoms with Crippen LogP contribution in [-0.2, 0) is 17.9 Å². The number of carbonyl (C=O) groups is 1. The molecule has 1 amide bonds. The summed E-state index contributed by atoms with van der Waals surface area (Å²) in [5, 5.41) is 15.8. The molecular weight excluding hydrogens is 388 g/mol. The van der Waals surface area contributed by atoms with Gasteiger partial charge >= 0.3 is 0 Å². The van der Waals surface area contributed by atoms with E-state index < -0.39 is 0 Å². The van der Waals surface area contributed by atoms with Gasteiger partial charge in [0.25, 0.3) is 0 Å². The number of rotatable bonds is 7. The van der Waals surface area contributed by atoms with E-state index in [9.17, 15) is 4.79 Å². The van der Waals surface area contributed by atoms with Crippen LogP contribution in [0.1, 0.15) is 28.2 Å². The molecule has 31 heavy (non-hydrogen) atoms. The van der Waals surface area contributed by atoms with Crippen LogP contribution < -0.4 is 5.32 Å². The van der Waals surface area contributed by atoms with E-state index in [0.717, 1.165) is 28.2 Å².